The van der Waals surface area contributed by atoms with Crippen molar-refractivity contribution in [2.45, 2.75) is 6.42 Å². The summed E-state index contributed by atoms with van der Waals surface area (Å²) < 4.78 is 11.3. The van der Waals surface area contributed by atoms with Crippen LogP contribution in [0, 0.1) is 0 Å². The van der Waals surface area contributed by atoms with Crippen LogP contribution in [0.3, 0.4) is 0 Å². The van der Waals surface area contributed by atoms with Crippen molar-refractivity contribution in [2.75, 3.05) is 18.1 Å². The summed E-state index contributed by atoms with van der Waals surface area (Å²) in [4.78, 5) is 27.1. The standard InChI is InChI=1S/C24H18ClNO5S2/c25-19-8-2-1-7-18(19)20-10-9-17(31-20)14-21-22(28)26(24(32)33-21)16-6-3-5-15(13-16)23(29)30-12-4-11-27/h1-3,5-10,13-14,27H,4,11-12H2/b21-14+. The van der Waals surface area contributed by atoms with Gasteiger partial charge in [0.2, 0.25) is 0 Å². The van der Waals surface area contributed by atoms with E-state index in [2.05, 4.69) is 0 Å². The quantitative estimate of drug-likeness (QED) is 0.198. The second kappa shape index (κ2) is 10.4. The first-order valence-electron chi connectivity index (χ1n) is 9.98. The molecule has 2 aromatic carbocycles. The Bertz CT molecular complexity index is 1250. The summed E-state index contributed by atoms with van der Waals surface area (Å²) in [6.07, 6.45) is 1.99. The predicted octanol–water partition coefficient (Wildman–Crippen LogP) is 5.55. The van der Waals surface area contributed by atoms with Gasteiger partial charge >= 0.3 is 5.97 Å². The second-order valence-electron chi connectivity index (χ2n) is 6.96. The summed E-state index contributed by atoms with van der Waals surface area (Å²) in [5.74, 6) is 0.238. The average Bonchev–Trinajstić information content (AvgIpc) is 3.38. The number of rotatable bonds is 7. The number of carbonyl (C=O) groups is 2. The third-order valence-corrected chi connectivity index (χ3v) is 6.34. The zero-order chi connectivity index (χ0) is 23.4. The second-order valence-corrected chi connectivity index (χ2v) is 9.05. The molecule has 0 unspecified atom stereocenters. The van der Waals surface area contributed by atoms with E-state index in [1.165, 1.54) is 4.90 Å². The van der Waals surface area contributed by atoms with E-state index < -0.39 is 5.97 Å². The number of amides is 1. The normalized spacial score (nSPS) is 14.8. The van der Waals surface area contributed by atoms with Crippen LogP contribution in [-0.2, 0) is 9.53 Å². The first-order chi connectivity index (χ1) is 16.0. The Morgan fingerprint density at radius 2 is 2.00 bits per heavy atom. The molecule has 6 nitrogen and oxygen atoms in total. The van der Waals surface area contributed by atoms with Crippen LogP contribution in [0.2, 0.25) is 5.02 Å². The Balaban J connectivity index is 1.54. The van der Waals surface area contributed by atoms with E-state index in [0.29, 0.717) is 43.4 Å². The highest BCUT2D eigenvalue weighted by Gasteiger charge is 2.34. The first-order valence-corrected chi connectivity index (χ1v) is 11.6. The van der Waals surface area contributed by atoms with Gasteiger partial charge in [0.1, 0.15) is 11.5 Å². The molecule has 2 heterocycles. The number of carbonyl (C=O) groups excluding carboxylic acids is 2. The van der Waals surface area contributed by atoms with Crippen molar-refractivity contribution in [3.8, 4) is 11.3 Å². The van der Waals surface area contributed by atoms with Crippen LogP contribution in [0.25, 0.3) is 17.4 Å². The number of ether oxygens (including phenoxy) is 1. The number of hydrogen-bond donors (Lipinski definition) is 1. The zero-order valence-corrected chi connectivity index (χ0v) is 19.6. The molecule has 1 aliphatic rings. The van der Waals surface area contributed by atoms with Gasteiger partial charge in [0.05, 0.1) is 27.8 Å². The van der Waals surface area contributed by atoms with Gasteiger partial charge in [-0.25, -0.2) is 4.79 Å². The minimum absolute atomic E-state index is 0.0637. The molecule has 1 aliphatic heterocycles. The SMILES string of the molecule is O=C(OCCCO)c1cccc(N2C(=O)/C(=C\c3ccc(-c4ccccc4Cl)o3)SC2=S)c1. The van der Waals surface area contributed by atoms with Crippen molar-refractivity contribution in [3.63, 3.8) is 0 Å². The fourth-order valence-electron chi connectivity index (χ4n) is 3.14. The molecule has 0 radical (unpaired) electrons. The highest BCUT2D eigenvalue weighted by Crippen LogP contribution is 2.37. The molecule has 168 valence electrons. The highest BCUT2D eigenvalue weighted by molar-refractivity contribution is 8.27. The number of thiocarbonyl (C=S) groups is 1. The molecular formula is C24H18ClNO5S2. The maximum absolute atomic E-state index is 13.1. The lowest BCUT2D eigenvalue weighted by Crippen LogP contribution is -2.27. The number of thioether (sulfide) groups is 1. The van der Waals surface area contributed by atoms with E-state index in [-0.39, 0.29) is 19.1 Å². The Labute approximate surface area is 204 Å². The number of halogens is 1. The molecule has 1 fully saturated rings. The molecule has 1 saturated heterocycles. The van der Waals surface area contributed by atoms with E-state index in [4.69, 9.17) is 38.1 Å². The maximum Gasteiger partial charge on any atom is 0.338 e. The summed E-state index contributed by atoms with van der Waals surface area (Å²) in [6.45, 7) is 0.0500. The Kier molecular flexibility index (Phi) is 7.29. The van der Waals surface area contributed by atoms with Gasteiger partial charge in [-0.15, -0.1) is 0 Å². The molecule has 0 saturated carbocycles. The number of hydrogen-bond acceptors (Lipinski definition) is 7. The minimum atomic E-state index is -0.533. The van der Waals surface area contributed by atoms with Gasteiger partial charge in [-0.3, -0.25) is 9.69 Å². The van der Waals surface area contributed by atoms with Crippen molar-refractivity contribution in [1.29, 1.82) is 0 Å². The van der Waals surface area contributed by atoms with Crippen molar-refractivity contribution in [3.05, 3.63) is 81.9 Å². The Hall–Kier alpha value is -2.91. The molecule has 0 atom stereocenters. The summed E-state index contributed by atoms with van der Waals surface area (Å²) in [5.41, 5.74) is 1.52. The molecule has 1 aromatic heterocycles. The molecule has 0 bridgehead atoms. The largest absolute Gasteiger partial charge is 0.462 e. The number of aliphatic hydroxyl groups is 1. The number of nitrogens with zero attached hydrogens (tertiary/aromatic N) is 1. The summed E-state index contributed by atoms with van der Waals surface area (Å²) in [7, 11) is 0. The maximum atomic E-state index is 13.1. The van der Waals surface area contributed by atoms with Gasteiger partial charge < -0.3 is 14.3 Å². The third-order valence-electron chi connectivity index (χ3n) is 4.71. The van der Waals surface area contributed by atoms with E-state index in [1.54, 1.807) is 48.5 Å². The summed E-state index contributed by atoms with van der Waals surface area (Å²) in [5, 5.41) is 9.40. The van der Waals surface area contributed by atoms with Gasteiger partial charge in [0.25, 0.3) is 5.91 Å². The Morgan fingerprint density at radius 3 is 2.79 bits per heavy atom. The Morgan fingerprint density at radius 1 is 1.18 bits per heavy atom. The molecule has 4 rings (SSSR count). The van der Waals surface area contributed by atoms with Crippen LogP contribution in [0.5, 0.6) is 0 Å². The lowest BCUT2D eigenvalue weighted by Gasteiger charge is -2.15. The number of anilines is 1. The van der Waals surface area contributed by atoms with Gasteiger partial charge in [-0.2, -0.15) is 0 Å². The van der Waals surface area contributed by atoms with Crippen molar-refractivity contribution >= 4 is 63.5 Å². The van der Waals surface area contributed by atoms with Crippen molar-refractivity contribution in [2.24, 2.45) is 0 Å². The fraction of sp³-hybridized carbons (Fsp3) is 0.125. The minimum Gasteiger partial charge on any atom is -0.462 e. The van der Waals surface area contributed by atoms with Crippen LogP contribution in [0.15, 0.2) is 70.0 Å². The number of esters is 1. The van der Waals surface area contributed by atoms with Crippen LogP contribution >= 0.6 is 35.6 Å². The van der Waals surface area contributed by atoms with Crippen LogP contribution in [0.4, 0.5) is 5.69 Å². The monoisotopic (exact) mass is 499 g/mol. The van der Waals surface area contributed by atoms with E-state index in [9.17, 15) is 9.59 Å². The van der Waals surface area contributed by atoms with E-state index in [0.717, 1.165) is 17.3 Å². The lowest BCUT2D eigenvalue weighted by atomic mass is 10.2. The number of furan rings is 1. The third kappa shape index (κ3) is 5.20. The molecule has 0 spiro atoms. The van der Waals surface area contributed by atoms with Crippen LogP contribution in [0.1, 0.15) is 22.5 Å². The lowest BCUT2D eigenvalue weighted by molar-refractivity contribution is -0.113. The predicted molar refractivity (Wildman–Crippen MR) is 133 cm³/mol. The molecular weight excluding hydrogens is 482 g/mol. The van der Waals surface area contributed by atoms with Gasteiger partial charge in [-0.05, 0) is 42.5 Å². The highest BCUT2D eigenvalue weighted by atomic mass is 35.5. The smallest absolute Gasteiger partial charge is 0.338 e. The van der Waals surface area contributed by atoms with Gasteiger partial charge in [-0.1, -0.05) is 53.8 Å². The van der Waals surface area contributed by atoms with Gasteiger partial charge in [0.15, 0.2) is 4.32 Å². The van der Waals surface area contributed by atoms with E-state index in [1.807, 2.05) is 18.2 Å². The number of aliphatic hydroxyl groups excluding tert-OH is 1. The summed E-state index contributed by atoms with van der Waals surface area (Å²) in [6, 6.07) is 17.4. The van der Waals surface area contributed by atoms with Gasteiger partial charge in [0, 0.05) is 24.7 Å². The first kappa shape index (κ1) is 23.3. The molecule has 1 amide bonds. The van der Waals surface area contributed by atoms with Crippen LogP contribution < -0.4 is 4.90 Å². The summed E-state index contributed by atoms with van der Waals surface area (Å²) >= 11 is 12.8. The fourth-order valence-corrected chi connectivity index (χ4v) is 4.65. The van der Waals surface area contributed by atoms with Crippen LogP contribution in [-0.4, -0.2) is 34.5 Å². The molecule has 1 N–H and O–H groups in total. The molecule has 3 aromatic rings. The molecule has 9 heteroatoms. The number of benzene rings is 2. The van der Waals surface area contributed by atoms with Crippen molar-refractivity contribution < 1.29 is 23.8 Å². The molecule has 0 aliphatic carbocycles. The topological polar surface area (TPSA) is 80.0 Å². The van der Waals surface area contributed by atoms with E-state index >= 15 is 0 Å². The molecule has 33 heavy (non-hydrogen) atoms. The van der Waals surface area contributed by atoms with Crippen molar-refractivity contribution in [1.82, 2.24) is 0 Å². The average molecular weight is 500 g/mol. The zero-order valence-electron chi connectivity index (χ0n) is 17.2.